The van der Waals surface area contributed by atoms with Crippen molar-refractivity contribution in [3.05, 3.63) is 89.2 Å². The molecule has 0 spiro atoms. The molecule has 8 heteroatoms. The highest BCUT2D eigenvalue weighted by Gasteiger charge is 2.59. The van der Waals surface area contributed by atoms with Crippen LogP contribution in [0.4, 0.5) is 15.8 Å². The Kier molecular flexibility index (Phi) is 5.03. The molecule has 0 radical (unpaired) electrons. The first-order valence-corrected chi connectivity index (χ1v) is 10.9. The van der Waals surface area contributed by atoms with Gasteiger partial charge in [0.15, 0.2) is 10.8 Å². The number of benzene rings is 3. The lowest BCUT2D eigenvalue weighted by molar-refractivity contribution is -0.130. The zero-order valence-corrected chi connectivity index (χ0v) is 18.6. The van der Waals surface area contributed by atoms with Crippen LogP contribution >= 0.6 is 23.8 Å². The van der Waals surface area contributed by atoms with Gasteiger partial charge in [-0.15, -0.1) is 0 Å². The predicted octanol–water partition coefficient (Wildman–Crippen LogP) is 5.28. The lowest BCUT2D eigenvalue weighted by Gasteiger charge is -2.56. The maximum atomic E-state index is 13.6. The van der Waals surface area contributed by atoms with E-state index in [4.69, 9.17) is 28.6 Å². The molecule has 2 bridgehead atoms. The molecule has 5 nitrogen and oxygen atoms in total. The lowest BCUT2D eigenvalue weighted by atomic mass is 9.78. The fraction of sp³-hybridized carbons (Fsp3) is 0.167. The lowest BCUT2D eigenvalue weighted by Crippen LogP contribution is -2.72. The quantitative estimate of drug-likeness (QED) is 0.513. The van der Waals surface area contributed by atoms with Crippen molar-refractivity contribution < 1.29 is 13.9 Å². The van der Waals surface area contributed by atoms with Crippen molar-refractivity contribution in [2.45, 2.75) is 18.7 Å². The van der Waals surface area contributed by atoms with E-state index in [0.717, 1.165) is 5.56 Å². The molecule has 3 aromatic carbocycles. The third-order valence-electron chi connectivity index (χ3n) is 5.89. The SMILES string of the molecule is C[C@]12Oc3ccccc3[C@@H](NC(=S)N1c1ccc(F)cc1)[C@H]2C(=O)Nc1ccc(Cl)cc1. The standard InChI is InChI=1S/C24H19ClFN3O2S/c1-24-20(22(30)27-16-10-6-14(25)7-11-16)21(18-4-2-3-5-19(18)31-24)28-23(32)29(24)17-12-8-15(26)9-13-17/h2-13,20-21H,1H3,(H,27,30)(H,28,32)/t20-,21+,24+/m0/s1. The zero-order chi connectivity index (χ0) is 22.5. The highest BCUT2D eigenvalue weighted by atomic mass is 35.5. The molecular weight excluding hydrogens is 449 g/mol. The van der Waals surface area contributed by atoms with Crippen molar-refractivity contribution in [2.24, 2.45) is 5.92 Å². The van der Waals surface area contributed by atoms with E-state index in [0.29, 0.717) is 27.3 Å². The Bertz CT molecular complexity index is 1200. The number of amides is 1. The van der Waals surface area contributed by atoms with E-state index in [-0.39, 0.29) is 11.7 Å². The maximum Gasteiger partial charge on any atom is 0.236 e. The number of rotatable bonds is 3. The molecule has 3 aromatic rings. The summed E-state index contributed by atoms with van der Waals surface area (Å²) in [6.07, 6.45) is 0. The van der Waals surface area contributed by atoms with Crippen molar-refractivity contribution in [1.82, 2.24) is 5.32 Å². The third-order valence-corrected chi connectivity index (χ3v) is 6.44. The van der Waals surface area contributed by atoms with Crippen molar-refractivity contribution in [2.75, 3.05) is 10.2 Å². The van der Waals surface area contributed by atoms with E-state index in [9.17, 15) is 9.18 Å². The van der Waals surface area contributed by atoms with Gasteiger partial charge in [0.25, 0.3) is 0 Å². The number of halogens is 2. The summed E-state index contributed by atoms with van der Waals surface area (Å²) >= 11 is 11.7. The van der Waals surface area contributed by atoms with Crippen LogP contribution in [-0.2, 0) is 4.79 Å². The van der Waals surface area contributed by atoms with Crippen LogP contribution in [0.5, 0.6) is 5.75 Å². The van der Waals surface area contributed by atoms with E-state index in [1.165, 1.54) is 12.1 Å². The predicted molar refractivity (Wildman–Crippen MR) is 126 cm³/mol. The number of fused-ring (bicyclic) bond motifs is 4. The Morgan fingerprint density at radius 2 is 1.81 bits per heavy atom. The minimum atomic E-state index is -1.16. The molecule has 3 atom stereocenters. The Balaban J connectivity index is 1.60. The van der Waals surface area contributed by atoms with E-state index in [2.05, 4.69) is 10.6 Å². The first-order chi connectivity index (χ1) is 15.4. The molecule has 2 aliphatic rings. The van der Waals surface area contributed by atoms with Crippen LogP contribution in [0.2, 0.25) is 5.02 Å². The summed E-state index contributed by atoms with van der Waals surface area (Å²) in [6, 6.07) is 20.0. The molecule has 162 valence electrons. The summed E-state index contributed by atoms with van der Waals surface area (Å²) in [6.45, 7) is 1.83. The van der Waals surface area contributed by atoms with Crippen LogP contribution in [0.3, 0.4) is 0 Å². The normalized spacial score (nSPS) is 23.6. The minimum absolute atomic E-state index is 0.239. The monoisotopic (exact) mass is 467 g/mol. The number of hydrogen-bond acceptors (Lipinski definition) is 3. The molecule has 32 heavy (non-hydrogen) atoms. The van der Waals surface area contributed by atoms with Crippen molar-refractivity contribution in [3.8, 4) is 5.75 Å². The van der Waals surface area contributed by atoms with Crippen LogP contribution in [0, 0.1) is 11.7 Å². The molecule has 1 amide bonds. The van der Waals surface area contributed by atoms with E-state index in [1.54, 1.807) is 41.3 Å². The highest BCUT2D eigenvalue weighted by molar-refractivity contribution is 7.80. The van der Waals surface area contributed by atoms with Gasteiger partial charge in [-0.05, 0) is 73.7 Å². The largest absolute Gasteiger partial charge is 0.467 e. The van der Waals surface area contributed by atoms with Gasteiger partial charge >= 0.3 is 0 Å². The van der Waals surface area contributed by atoms with Crippen LogP contribution in [-0.4, -0.2) is 16.7 Å². The topological polar surface area (TPSA) is 53.6 Å². The number of thiocarbonyl (C=S) groups is 1. The van der Waals surface area contributed by atoms with Gasteiger partial charge in [-0.3, -0.25) is 9.69 Å². The van der Waals surface area contributed by atoms with Gasteiger partial charge in [0, 0.05) is 22.0 Å². The first kappa shape index (κ1) is 20.7. The van der Waals surface area contributed by atoms with Gasteiger partial charge in [0.05, 0.1) is 6.04 Å². The fourth-order valence-corrected chi connectivity index (χ4v) is 5.00. The van der Waals surface area contributed by atoms with Crippen molar-refractivity contribution in [3.63, 3.8) is 0 Å². The zero-order valence-electron chi connectivity index (χ0n) is 17.0. The molecule has 0 unspecified atom stereocenters. The summed E-state index contributed by atoms with van der Waals surface area (Å²) in [5, 5.41) is 7.27. The number of para-hydroxylation sites is 1. The molecule has 1 fully saturated rings. The first-order valence-electron chi connectivity index (χ1n) is 10.1. The molecule has 5 rings (SSSR count). The van der Waals surface area contributed by atoms with Gasteiger partial charge in [0.1, 0.15) is 17.5 Å². The molecule has 2 heterocycles. The second-order valence-corrected chi connectivity index (χ2v) is 8.73. The van der Waals surface area contributed by atoms with Crippen LogP contribution in [0.1, 0.15) is 18.5 Å². The van der Waals surface area contributed by atoms with Crippen molar-refractivity contribution in [1.29, 1.82) is 0 Å². The fourth-order valence-electron chi connectivity index (χ4n) is 4.46. The number of anilines is 2. The van der Waals surface area contributed by atoms with E-state index < -0.39 is 17.7 Å². The summed E-state index contributed by atoms with van der Waals surface area (Å²) in [4.78, 5) is 15.4. The molecule has 0 saturated carbocycles. The molecular formula is C24H19ClFN3O2S. The van der Waals surface area contributed by atoms with Crippen LogP contribution in [0.15, 0.2) is 72.8 Å². The third kappa shape index (κ3) is 3.38. The summed E-state index contributed by atoms with van der Waals surface area (Å²) in [5.74, 6) is -0.612. The molecule has 2 aliphatic heterocycles. The summed E-state index contributed by atoms with van der Waals surface area (Å²) in [5.41, 5.74) is 0.932. The number of carbonyl (C=O) groups is 1. The minimum Gasteiger partial charge on any atom is -0.467 e. The Hall–Kier alpha value is -3.16. The van der Waals surface area contributed by atoms with Gasteiger partial charge in [-0.1, -0.05) is 29.8 Å². The number of hydrogen-bond donors (Lipinski definition) is 2. The van der Waals surface area contributed by atoms with Gasteiger partial charge in [-0.25, -0.2) is 4.39 Å². The van der Waals surface area contributed by atoms with Crippen LogP contribution in [0.25, 0.3) is 0 Å². The van der Waals surface area contributed by atoms with Crippen molar-refractivity contribution >= 4 is 46.2 Å². The molecule has 0 aliphatic carbocycles. The molecule has 0 aromatic heterocycles. The van der Waals surface area contributed by atoms with Crippen LogP contribution < -0.4 is 20.3 Å². The van der Waals surface area contributed by atoms with Gasteiger partial charge in [-0.2, -0.15) is 0 Å². The summed E-state index contributed by atoms with van der Waals surface area (Å²) in [7, 11) is 0. The Morgan fingerprint density at radius 1 is 1.12 bits per heavy atom. The Labute approximate surface area is 195 Å². The smallest absolute Gasteiger partial charge is 0.236 e. The summed E-state index contributed by atoms with van der Waals surface area (Å²) < 4.78 is 20.1. The average molecular weight is 468 g/mol. The second-order valence-electron chi connectivity index (χ2n) is 7.91. The second kappa shape index (κ2) is 7.76. The average Bonchev–Trinajstić information content (AvgIpc) is 2.76. The van der Waals surface area contributed by atoms with E-state index >= 15 is 0 Å². The van der Waals surface area contributed by atoms with Gasteiger partial charge in [0.2, 0.25) is 5.91 Å². The number of ether oxygens (including phenoxy) is 1. The van der Waals surface area contributed by atoms with Gasteiger partial charge < -0.3 is 15.4 Å². The Morgan fingerprint density at radius 3 is 2.53 bits per heavy atom. The number of carbonyl (C=O) groups excluding carboxylic acids is 1. The number of nitrogens with one attached hydrogen (secondary N) is 2. The highest BCUT2D eigenvalue weighted by Crippen LogP contribution is 2.49. The number of nitrogens with zero attached hydrogens (tertiary/aromatic N) is 1. The molecule has 1 saturated heterocycles. The van der Waals surface area contributed by atoms with E-state index in [1.807, 2.05) is 31.2 Å². The maximum absolute atomic E-state index is 13.6. The molecule has 2 N–H and O–H groups in total.